The van der Waals surface area contributed by atoms with Crippen molar-refractivity contribution in [2.45, 2.75) is 20.8 Å². The molecule has 5 heteroatoms. The van der Waals surface area contributed by atoms with E-state index in [1.165, 1.54) is 0 Å². The molecule has 0 amide bonds. The fraction of sp³-hybridized carbons (Fsp3) is 0.214. The summed E-state index contributed by atoms with van der Waals surface area (Å²) < 4.78 is 7.06. The highest BCUT2D eigenvalue weighted by Crippen LogP contribution is 2.20. The van der Waals surface area contributed by atoms with Crippen LogP contribution in [-0.2, 0) is 0 Å². The van der Waals surface area contributed by atoms with Gasteiger partial charge in [-0.3, -0.25) is 0 Å². The lowest BCUT2D eigenvalue weighted by Crippen LogP contribution is -1.98. The number of aryl methyl sites for hydroxylation is 3. The van der Waals surface area contributed by atoms with Crippen molar-refractivity contribution in [1.29, 1.82) is 0 Å². The van der Waals surface area contributed by atoms with Crippen LogP contribution in [0.1, 0.15) is 17.2 Å². The van der Waals surface area contributed by atoms with Crippen molar-refractivity contribution < 1.29 is 4.52 Å². The van der Waals surface area contributed by atoms with Crippen LogP contribution >= 0.6 is 0 Å². The minimum atomic E-state index is 0.539. The van der Waals surface area contributed by atoms with Crippen molar-refractivity contribution in [3.8, 4) is 17.1 Å². The van der Waals surface area contributed by atoms with Crippen LogP contribution in [0, 0.1) is 20.8 Å². The highest BCUT2D eigenvalue weighted by atomic mass is 16.5. The summed E-state index contributed by atoms with van der Waals surface area (Å²) in [5.74, 6) is 1.18. The number of rotatable bonds is 2. The second kappa shape index (κ2) is 4.35. The van der Waals surface area contributed by atoms with Crippen molar-refractivity contribution in [3.05, 3.63) is 47.5 Å². The van der Waals surface area contributed by atoms with Crippen molar-refractivity contribution in [3.63, 3.8) is 0 Å². The first-order valence-electron chi connectivity index (χ1n) is 6.08. The average Bonchev–Trinajstić information content (AvgIpc) is 2.96. The molecule has 2 aromatic heterocycles. The summed E-state index contributed by atoms with van der Waals surface area (Å²) in [5, 5.41) is 8.24. The molecule has 0 aliphatic carbocycles. The van der Waals surface area contributed by atoms with Gasteiger partial charge in [-0.25, -0.2) is 4.68 Å². The van der Waals surface area contributed by atoms with Gasteiger partial charge in [-0.1, -0.05) is 5.16 Å². The van der Waals surface area contributed by atoms with Gasteiger partial charge in [0.15, 0.2) is 5.82 Å². The van der Waals surface area contributed by atoms with E-state index in [4.69, 9.17) is 4.52 Å². The molecule has 0 saturated carbocycles. The molecular formula is C14H14N4O. The first-order valence-corrected chi connectivity index (χ1v) is 6.08. The van der Waals surface area contributed by atoms with Crippen LogP contribution in [0.25, 0.3) is 17.1 Å². The smallest absolute Gasteiger partial charge is 0.257 e. The Kier molecular flexibility index (Phi) is 2.67. The molecule has 0 aliphatic heterocycles. The maximum Gasteiger partial charge on any atom is 0.257 e. The Balaban J connectivity index is 1.97. The Hall–Kier alpha value is -2.43. The van der Waals surface area contributed by atoms with E-state index >= 15 is 0 Å². The third-order valence-electron chi connectivity index (χ3n) is 2.90. The molecule has 0 unspecified atom stereocenters. The highest BCUT2D eigenvalue weighted by Gasteiger charge is 2.07. The van der Waals surface area contributed by atoms with E-state index in [0.717, 1.165) is 22.6 Å². The molecule has 0 spiro atoms. The molecule has 96 valence electrons. The summed E-state index contributed by atoms with van der Waals surface area (Å²) in [7, 11) is 0. The first kappa shape index (κ1) is 11.6. The van der Waals surface area contributed by atoms with Gasteiger partial charge in [-0.05, 0) is 51.1 Å². The van der Waals surface area contributed by atoms with Crippen molar-refractivity contribution in [1.82, 2.24) is 19.9 Å². The predicted molar refractivity (Wildman–Crippen MR) is 71.1 cm³/mol. The normalized spacial score (nSPS) is 10.9. The third kappa shape index (κ3) is 2.14. The quantitative estimate of drug-likeness (QED) is 0.705. The minimum Gasteiger partial charge on any atom is -0.334 e. The molecular weight excluding hydrogens is 240 g/mol. The minimum absolute atomic E-state index is 0.539. The van der Waals surface area contributed by atoms with E-state index < -0.39 is 0 Å². The summed E-state index contributed by atoms with van der Waals surface area (Å²) in [5.41, 5.74) is 4.05. The molecule has 0 atom stereocenters. The summed E-state index contributed by atoms with van der Waals surface area (Å²) >= 11 is 0. The molecule has 5 nitrogen and oxygen atoms in total. The van der Waals surface area contributed by atoms with Gasteiger partial charge in [0.2, 0.25) is 0 Å². The lowest BCUT2D eigenvalue weighted by atomic mass is 10.2. The van der Waals surface area contributed by atoms with Gasteiger partial charge in [-0.15, -0.1) is 0 Å². The SMILES string of the molecule is Cc1cc(C)n(-c2ccc(-c3nc(C)no3)cc2)n1. The Bertz CT molecular complexity index is 709. The largest absolute Gasteiger partial charge is 0.334 e. The maximum atomic E-state index is 5.14. The summed E-state index contributed by atoms with van der Waals surface area (Å²) in [4.78, 5) is 4.20. The van der Waals surface area contributed by atoms with Gasteiger partial charge in [0.1, 0.15) is 0 Å². The highest BCUT2D eigenvalue weighted by molar-refractivity contribution is 5.55. The number of aromatic nitrogens is 4. The molecule has 1 aromatic carbocycles. The molecule has 0 radical (unpaired) electrons. The molecule has 0 N–H and O–H groups in total. The van der Waals surface area contributed by atoms with Crippen molar-refractivity contribution >= 4 is 0 Å². The van der Waals surface area contributed by atoms with E-state index in [2.05, 4.69) is 21.3 Å². The standard InChI is InChI=1S/C14H14N4O/c1-9-8-10(2)18(16-9)13-6-4-12(5-7-13)14-15-11(3)17-19-14/h4-8H,1-3H3. The summed E-state index contributed by atoms with van der Waals surface area (Å²) in [6.45, 7) is 5.83. The Morgan fingerprint density at radius 2 is 1.79 bits per heavy atom. The zero-order valence-corrected chi connectivity index (χ0v) is 11.1. The van der Waals surface area contributed by atoms with E-state index in [1.807, 2.05) is 42.8 Å². The predicted octanol–water partition coefficient (Wildman–Crippen LogP) is 2.85. The maximum absolute atomic E-state index is 5.14. The van der Waals surface area contributed by atoms with E-state index in [1.54, 1.807) is 6.92 Å². The molecule has 0 aliphatic rings. The van der Waals surface area contributed by atoms with Gasteiger partial charge in [0.05, 0.1) is 11.4 Å². The monoisotopic (exact) mass is 254 g/mol. The van der Waals surface area contributed by atoms with Crippen LogP contribution in [0.15, 0.2) is 34.9 Å². The molecule has 0 bridgehead atoms. The van der Waals surface area contributed by atoms with Gasteiger partial charge < -0.3 is 4.52 Å². The summed E-state index contributed by atoms with van der Waals surface area (Å²) in [6.07, 6.45) is 0. The molecule has 0 saturated heterocycles. The Labute approximate surface area is 110 Å². The first-order chi connectivity index (χ1) is 9.13. The summed E-state index contributed by atoms with van der Waals surface area (Å²) in [6, 6.07) is 9.95. The zero-order valence-electron chi connectivity index (χ0n) is 11.1. The second-order valence-corrected chi connectivity index (χ2v) is 4.53. The fourth-order valence-electron chi connectivity index (χ4n) is 2.05. The molecule has 3 rings (SSSR count). The number of benzene rings is 1. The van der Waals surface area contributed by atoms with Gasteiger partial charge in [0.25, 0.3) is 5.89 Å². The van der Waals surface area contributed by atoms with Crippen LogP contribution in [-0.4, -0.2) is 19.9 Å². The molecule has 2 heterocycles. The third-order valence-corrected chi connectivity index (χ3v) is 2.90. The lowest BCUT2D eigenvalue weighted by Gasteiger charge is -2.04. The number of hydrogen-bond donors (Lipinski definition) is 0. The van der Waals surface area contributed by atoms with Crippen LogP contribution in [0.5, 0.6) is 0 Å². The fourth-order valence-corrected chi connectivity index (χ4v) is 2.05. The van der Waals surface area contributed by atoms with Crippen LogP contribution in [0.4, 0.5) is 0 Å². The topological polar surface area (TPSA) is 56.7 Å². The van der Waals surface area contributed by atoms with E-state index in [9.17, 15) is 0 Å². The van der Waals surface area contributed by atoms with Crippen LogP contribution in [0.3, 0.4) is 0 Å². The van der Waals surface area contributed by atoms with Crippen LogP contribution in [0.2, 0.25) is 0 Å². The van der Waals surface area contributed by atoms with Gasteiger partial charge in [-0.2, -0.15) is 10.1 Å². The van der Waals surface area contributed by atoms with Crippen molar-refractivity contribution in [2.24, 2.45) is 0 Å². The van der Waals surface area contributed by atoms with Crippen LogP contribution < -0.4 is 0 Å². The van der Waals surface area contributed by atoms with E-state index in [0.29, 0.717) is 11.7 Å². The number of hydrogen-bond acceptors (Lipinski definition) is 4. The molecule has 3 aromatic rings. The molecule has 19 heavy (non-hydrogen) atoms. The Morgan fingerprint density at radius 3 is 2.32 bits per heavy atom. The van der Waals surface area contributed by atoms with Crippen molar-refractivity contribution in [2.75, 3.05) is 0 Å². The van der Waals surface area contributed by atoms with E-state index in [-0.39, 0.29) is 0 Å². The lowest BCUT2D eigenvalue weighted by molar-refractivity contribution is 0.425. The Morgan fingerprint density at radius 1 is 1.05 bits per heavy atom. The molecule has 0 fully saturated rings. The van der Waals surface area contributed by atoms with Gasteiger partial charge >= 0.3 is 0 Å². The average molecular weight is 254 g/mol. The number of nitrogens with zero attached hydrogens (tertiary/aromatic N) is 4. The zero-order chi connectivity index (χ0) is 13.4. The van der Waals surface area contributed by atoms with Gasteiger partial charge in [0, 0.05) is 11.3 Å². The second-order valence-electron chi connectivity index (χ2n) is 4.53.